The maximum Gasteiger partial charge on any atom is 0.408 e. The molecule has 1 aromatic rings. The molecule has 1 rings (SSSR count). The highest BCUT2D eigenvalue weighted by atomic mass is 16.6. The maximum atomic E-state index is 12.1. The molecule has 0 aliphatic rings. The third-order valence-corrected chi connectivity index (χ3v) is 3.23. The van der Waals surface area contributed by atoms with E-state index in [0.29, 0.717) is 5.69 Å². The van der Waals surface area contributed by atoms with Gasteiger partial charge in [0.05, 0.1) is 12.7 Å². The lowest BCUT2D eigenvalue weighted by atomic mass is 10.1. The Labute approximate surface area is 157 Å². The topological polar surface area (TPSA) is 131 Å². The number of aromatic carboxylic acids is 1. The van der Waals surface area contributed by atoms with E-state index in [1.54, 1.807) is 26.8 Å². The van der Waals surface area contributed by atoms with Gasteiger partial charge in [-0.25, -0.2) is 14.4 Å². The molecule has 0 aliphatic carbocycles. The van der Waals surface area contributed by atoms with E-state index >= 15 is 0 Å². The molecule has 0 heterocycles. The van der Waals surface area contributed by atoms with Gasteiger partial charge in [0.15, 0.2) is 0 Å². The van der Waals surface area contributed by atoms with E-state index in [1.165, 1.54) is 25.3 Å². The van der Waals surface area contributed by atoms with Crippen LogP contribution in [0.15, 0.2) is 24.3 Å². The minimum atomic E-state index is -1.11. The second-order valence-corrected chi connectivity index (χ2v) is 6.69. The van der Waals surface area contributed by atoms with Crippen molar-refractivity contribution in [3.8, 4) is 0 Å². The molecule has 9 nitrogen and oxygen atoms in total. The summed E-state index contributed by atoms with van der Waals surface area (Å²) in [6.45, 7) is 5.04. The molecule has 148 valence electrons. The molecule has 2 amide bonds. The second-order valence-electron chi connectivity index (χ2n) is 6.69. The molecule has 0 radical (unpaired) electrons. The van der Waals surface area contributed by atoms with Crippen LogP contribution in [0.1, 0.15) is 44.0 Å². The molecule has 9 heteroatoms. The summed E-state index contributed by atoms with van der Waals surface area (Å²) in [7, 11) is 1.17. The number of hydrogen-bond donors (Lipinski definition) is 3. The van der Waals surface area contributed by atoms with Gasteiger partial charge in [0.1, 0.15) is 11.6 Å². The Morgan fingerprint density at radius 2 is 1.85 bits per heavy atom. The number of carbonyl (C=O) groups excluding carboxylic acids is 3. The molecular weight excluding hydrogens is 356 g/mol. The number of carboxylic acid groups (broad SMARTS) is 1. The van der Waals surface area contributed by atoms with Gasteiger partial charge >= 0.3 is 18.0 Å². The predicted molar refractivity (Wildman–Crippen MR) is 96.4 cm³/mol. The van der Waals surface area contributed by atoms with Crippen LogP contribution in [-0.4, -0.2) is 47.8 Å². The molecule has 0 unspecified atom stereocenters. The van der Waals surface area contributed by atoms with Crippen LogP contribution in [0.3, 0.4) is 0 Å². The molecule has 0 aliphatic heterocycles. The van der Waals surface area contributed by atoms with E-state index in [1.807, 2.05) is 0 Å². The number of methoxy groups -OCH3 is 1. The number of ether oxygens (including phenoxy) is 2. The van der Waals surface area contributed by atoms with Crippen LogP contribution in [0.25, 0.3) is 0 Å². The number of amides is 2. The molecule has 1 aromatic carbocycles. The quantitative estimate of drug-likeness (QED) is 0.618. The lowest BCUT2D eigenvalue weighted by molar-refractivity contribution is -0.143. The third kappa shape index (κ3) is 8.21. The Kier molecular flexibility index (Phi) is 7.77. The first-order valence-electron chi connectivity index (χ1n) is 8.22. The first-order chi connectivity index (χ1) is 12.5. The van der Waals surface area contributed by atoms with Gasteiger partial charge in [-0.1, -0.05) is 6.07 Å². The van der Waals surface area contributed by atoms with Gasteiger partial charge in [0, 0.05) is 12.1 Å². The van der Waals surface area contributed by atoms with E-state index in [9.17, 15) is 19.2 Å². The zero-order chi connectivity index (χ0) is 20.6. The number of benzene rings is 1. The first-order valence-corrected chi connectivity index (χ1v) is 8.22. The van der Waals surface area contributed by atoms with Gasteiger partial charge < -0.3 is 25.2 Å². The Hall–Kier alpha value is -3.10. The van der Waals surface area contributed by atoms with Crippen LogP contribution >= 0.6 is 0 Å². The highest BCUT2D eigenvalue weighted by Crippen LogP contribution is 2.12. The van der Waals surface area contributed by atoms with Gasteiger partial charge in [-0.3, -0.25) is 4.79 Å². The molecule has 0 saturated heterocycles. The Morgan fingerprint density at radius 1 is 1.19 bits per heavy atom. The molecule has 27 heavy (non-hydrogen) atoms. The number of carboxylic acids is 1. The second kappa shape index (κ2) is 9.56. The predicted octanol–water partition coefficient (Wildman–Crippen LogP) is 2.17. The van der Waals surface area contributed by atoms with Crippen molar-refractivity contribution < 1.29 is 33.8 Å². The smallest absolute Gasteiger partial charge is 0.408 e. The minimum absolute atomic E-state index is 0.0175. The number of esters is 1. The summed E-state index contributed by atoms with van der Waals surface area (Å²) in [6.07, 6.45) is -0.920. The first kappa shape index (κ1) is 21.9. The SMILES string of the molecule is COC(=O)[C@H](CCC(=O)Nc1cccc(C(=O)O)c1)NC(=O)OC(C)(C)C. The number of anilines is 1. The monoisotopic (exact) mass is 380 g/mol. The van der Waals surface area contributed by atoms with Crippen molar-refractivity contribution in [2.24, 2.45) is 0 Å². The van der Waals surface area contributed by atoms with Crippen LogP contribution in [-0.2, 0) is 19.1 Å². The van der Waals surface area contributed by atoms with E-state index < -0.39 is 35.6 Å². The lowest BCUT2D eigenvalue weighted by Crippen LogP contribution is -2.44. The fourth-order valence-electron chi connectivity index (χ4n) is 2.07. The fraction of sp³-hybridized carbons (Fsp3) is 0.444. The van der Waals surface area contributed by atoms with Crippen LogP contribution in [0.2, 0.25) is 0 Å². The molecular formula is C18H24N2O7. The molecule has 0 aromatic heterocycles. The van der Waals surface area contributed by atoms with Crippen molar-refractivity contribution in [1.82, 2.24) is 5.32 Å². The number of alkyl carbamates (subject to hydrolysis) is 1. The van der Waals surface area contributed by atoms with Gasteiger partial charge in [-0.05, 0) is 45.4 Å². The average molecular weight is 380 g/mol. The van der Waals surface area contributed by atoms with E-state index in [-0.39, 0.29) is 18.4 Å². The average Bonchev–Trinajstić information content (AvgIpc) is 2.56. The summed E-state index contributed by atoms with van der Waals surface area (Å²) in [5.41, 5.74) is -0.390. The summed E-state index contributed by atoms with van der Waals surface area (Å²) in [5.74, 6) is -2.27. The van der Waals surface area contributed by atoms with Crippen molar-refractivity contribution in [2.75, 3.05) is 12.4 Å². The summed E-state index contributed by atoms with van der Waals surface area (Å²) < 4.78 is 9.72. The maximum absolute atomic E-state index is 12.1. The molecule has 0 spiro atoms. The number of carbonyl (C=O) groups is 4. The Bertz CT molecular complexity index is 710. The van der Waals surface area contributed by atoms with Crippen molar-refractivity contribution in [2.45, 2.75) is 45.3 Å². The summed E-state index contributed by atoms with van der Waals surface area (Å²) in [5, 5.41) is 13.9. The highest BCUT2D eigenvalue weighted by molar-refractivity contribution is 5.94. The largest absolute Gasteiger partial charge is 0.478 e. The zero-order valence-corrected chi connectivity index (χ0v) is 15.7. The van der Waals surface area contributed by atoms with E-state index in [0.717, 1.165) is 0 Å². The third-order valence-electron chi connectivity index (χ3n) is 3.23. The van der Waals surface area contributed by atoms with Gasteiger partial charge in [0.25, 0.3) is 0 Å². The van der Waals surface area contributed by atoms with Crippen LogP contribution in [0, 0.1) is 0 Å². The van der Waals surface area contributed by atoms with Crippen molar-refractivity contribution in [1.29, 1.82) is 0 Å². The van der Waals surface area contributed by atoms with E-state index in [4.69, 9.17) is 9.84 Å². The standard InChI is InChI=1S/C18H24N2O7/c1-18(2,3)27-17(25)20-13(16(24)26-4)8-9-14(21)19-12-7-5-6-11(10-12)15(22)23/h5-7,10,13H,8-9H2,1-4H3,(H,19,21)(H,20,25)(H,22,23)/t13-/m0/s1. The normalized spacial score (nSPS) is 11.9. The number of hydrogen-bond acceptors (Lipinski definition) is 6. The molecule has 1 atom stereocenters. The molecule has 3 N–H and O–H groups in total. The summed E-state index contributed by atoms with van der Waals surface area (Å²) in [4.78, 5) is 46.7. The van der Waals surface area contributed by atoms with Crippen molar-refractivity contribution >= 4 is 29.6 Å². The van der Waals surface area contributed by atoms with Gasteiger partial charge in [-0.15, -0.1) is 0 Å². The van der Waals surface area contributed by atoms with Crippen LogP contribution in [0.4, 0.5) is 10.5 Å². The lowest BCUT2D eigenvalue weighted by Gasteiger charge is -2.22. The zero-order valence-electron chi connectivity index (χ0n) is 15.7. The molecule has 0 fully saturated rings. The van der Waals surface area contributed by atoms with Crippen LogP contribution in [0.5, 0.6) is 0 Å². The minimum Gasteiger partial charge on any atom is -0.478 e. The van der Waals surface area contributed by atoms with E-state index in [2.05, 4.69) is 15.4 Å². The Morgan fingerprint density at radius 3 is 2.41 bits per heavy atom. The number of nitrogens with one attached hydrogen (secondary N) is 2. The fourth-order valence-corrected chi connectivity index (χ4v) is 2.07. The van der Waals surface area contributed by atoms with Gasteiger partial charge in [-0.2, -0.15) is 0 Å². The molecule has 0 bridgehead atoms. The summed E-state index contributed by atoms with van der Waals surface area (Å²) >= 11 is 0. The van der Waals surface area contributed by atoms with Gasteiger partial charge in [0.2, 0.25) is 5.91 Å². The van der Waals surface area contributed by atoms with Crippen molar-refractivity contribution in [3.05, 3.63) is 29.8 Å². The van der Waals surface area contributed by atoms with Crippen LogP contribution < -0.4 is 10.6 Å². The number of rotatable bonds is 7. The Balaban J connectivity index is 2.65. The molecule has 0 saturated carbocycles. The summed E-state index contributed by atoms with van der Waals surface area (Å²) in [6, 6.07) is 4.70. The van der Waals surface area contributed by atoms with Crippen molar-refractivity contribution in [3.63, 3.8) is 0 Å². The highest BCUT2D eigenvalue weighted by Gasteiger charge is 2.25.